The van der Waals surface area contributed by atoms with Gasteiger partial charge in [-0.3, -0.25) is 23.4 Å². The number of likely N-dealkylation sites (N-methyl/N-ethyl adjacent to an activating group) is 1. The molecule has 340 valence electrons. The summed E-state index contributed by atoms with van der Waals surface area (Å²) in [6.07, 6.45) is 30.6. The summed E-state index contributed by atoms with van der Waals surface area (Å²) in [5.74, 6) is -1.53. The SMILES string of the molecule is CC/C=C\C/C=C\C/C=C\CCCCCCCC(=O)OC[C@H](COP(=O)(O)OCC[N+](C)(C)C)OC(=O)CCCCCC[C@H]1C(=O)C[C@@H](O)[C@@H]1/C=C/[C@@H](O)CCCCC. The summed E-state index contributed by atoms with van der Waals surface area (Å²) in [6, 6.07) is 0. The molecule has 13 heteroatoms. The van der Waals surface area contributed by atoms with Crippen LogP contribution in [-0.4, -0.2) is 103 Å². The van der Waals surface area contributed by atoms with Gasteiger partial charge in [-0.2, -0.15) is 0 Å². The summed E-state index contributed by atoms with van der Waals surface area (Å²) in [5, 5.41) is 20.8. The van der Waals surface area contributed by atoms with Crippen molar-refractivity contribution in [3.8, 4) is 0 Å². The number of hydrogen-bond acceptors (Lipinski definition) is 10. The van der Waals surface area contributed by atoms with Gasteiger partial charge >= 0.3 is 19.8 Å². The Kier molecular flexibility index (Phi) is 30.7. The van der Waals surface area contributed by atoms with Crippen LogP contribution in [0.4, 0.5) is 0 Å². The predicted octanol–water partition coefficient (Wildman–Crippen LogP) is 9.27. The third kappa shape index (κ3) is 30.3. The monoisotopic (exact) mass is 855 g/mol. The molecule has 1 fully saturated rings. The maximum absolute atomic E-state index is 12.8. The minimum atomic E-state index is -4.45. The van der Waals surface area contributed by atoms with Crippen LogP contribution >= 0.6 is 7.82 Å². The highest BCUT2D eigenvalue weighted by molar-refractivity contribution is 7.47. The van der Waals surface area contributed by atoms with Gasteiger partial charge in [0.2, 0.25) is 0 Å². The number of aliphatic hydroxyl groups is 2. The molecule has 0 amide bonds. The van der Waals surface area contributed by atoms with E-state index >= 15 is 0 Å². The van der Waals surface area contributed by atoms with Gasteiger partial charge in [-0.15, -0.1) is 0 Å². The lowest BCUT2D eigenvalue weighted by Gasteiger charge is -2.24. The van der Waals surface area contributed by atoms with Gasteiger partial charge in [-0.1, -0.05) is 120 Å². The van der Waals surface area contributed by atoms with Crippen LogP contribution in [-0.2, 0) is 37.5 Å². The van der Waals surface area contributed by atoms with Crippen LogP contribution in [0.25, 0.3) is 0 Å². The molecule has 0 aliphatic heterocycles. The molecule has 0 radical (unpaired) electrons. The average molecular weight is 855 g/mol. The molecule has 0 bridgehead atoms. The lowest BCUT2D eigenvalue weighted by molar-refractivity contribution is -0.870. The first kappa shape index (κ1) is 54.6. The van der Waals surface area contributed by atoms with Crippen molar-refractivity contribution in [3.63, 3.8) is 0 Å². The first-order valence-electron chi connectivity index (χ1n) is 22.5. The molecule has 59 heavy (non-hydrogen) atoms. The van der Waals surface area contributed by atoms with E-state index in [1.165, 1.54) is 0 Å². The van der Waals surface area contributed by atoms with Gasteiger partial charge < -0.3 is 29.1 Å². The van der Waals surface area contributed by atoms with E-state index < -0.39 is 44.7 Å². The Morgan fingerprint density at radius 2 is 1.44 bits per heavy atom. The van der Waals surface area contributed by atoms with Crippen LogP contribution in [0.5, 0.6) is 0 Å². The Morgan fingerprint density at radius 3 is 2.12 bits per heavy atom. The number of rotatable bonds is 36. The maximum Gasteiger partial charge on any atom is 0.472 e. The maximum atomic E-state index is 12.8. The molecule has 3 N–H and O–H groups in total. The molecule has 1 aliphatic rings. The van der Waals surface area contributed by atoms with Crippen molar-refractivity contribution in [3.05, 3.63) is 48.6 Å². The number of ether oxygens (including phenoxy) is 2. The van der Waals surface area contributed by atoms with Crippen molar-refractivity contribution in [2.45, 2.75) is 167 Å². The molecule has 0 spiro atoms. The second-order valence-electron chi connectivity index (χ2n) is 16.8. The van der Waals surface area contributed by atoms with Crippen LogP contribution in [0, 0.1) is 11.8 Å². The number of carbonyl (C=O) groups is 3. The molecule has 1 aliphatic carbocycles. The number of carbonyl (C=O) groups excluding carboxylic acids is 3. The molecule has 0 aromatic carbocycles. The van der Waals surface area contributed by atoms with Gasteiger partial charge in [0.1, 0.15) is 25.5 Å². The topological polar surface area (TPSA) is 166 Å². The largest absolute Gasteiger partial charge is 0.472 e. The number of Topliss-reactive ketones (excluding diaryl/α,β-unsaturated/α-hetero) is 1. The van der Waals surface area contributed by atoms with Gasteiger partial charge in [0.05, 0.1) is 40.0 Å². The number of esters is 2. The van der Waals surface area contributed by atoms with Gasteiger partial charge in [-0.25, -0.2) is 4.57 Å². The minimum Gasteiger partial charge on any atom is -0.462 e. The molecule has 1 saturated carbocycles. The third-order valence-electron chi connectivity index (χ3n) is 10.2. The average Bonchev–Trinajstić information content (AvgIpc) is 3.44. The first-order valence-corrected chi connectivity index (χ1v) is 24.0. The van der Waals surface area contributed by atoms with Crippen LogP contribution < -0.4 is 0 Å². The number of quaternary nitrogens is 1. The van der Waals surface area contributed by atoms with E-state index in [2.05, 4.69) is 50.3 Å². The van der Waals surface area contributed by atoms with Crippen molar-refractivity contribution in [2.75, 3.05) is 47.5 Å². The molecule has 1 rings (SSSR count). The Hall–Kier alpha value is -2.44. The zero-order valence-corrected chi connectivity index (χ0v) is 38.1. The smallest absolute Gasteiger partial charge is 0.462 e. The zero-order chi connectivity index (χ0) is 43.8. The van der Waals surface area contributed by atoms with Gasteiger partial charge in [-0.05, 0) is 57.8 Å². The Balaban J connectivity index is 2.49. The predicted molar refractivity (Wildman–Crippen MR) is 234 cm³/mol. The highest BCUT2D eigenvalue weighted by Gasteiger charge is 2.39. The molecule has 0 heterocycles. The summed E-state index contributed by atoms with van der Waals surface area (Å²) >= 11 is 0. The normalized spacial score (nSPS) is 19.7. The van der Waals surface area contributed by atoms with E-state index in [9.17, 15) is 34.1 Å². The first-order chi connectivity index (χ1) is 28.2. The number of hydrogen-bond donors (Lipinski definition) is 3. The summed E-state index contributed by atoms with van der Waals surface area (Å²) in [5.41, 5.74) is 0. The molecule has 0 aromatic rings. The number of nitrogens with zero attached hydrogens (tertiary/aromatic N) is 1. The van der Waals surface area contributed by atoms with E-state index in [4.69, 9.17) is 18.5 Å². The van der Waals surface area contributed by atoms with Gasteiger partial charge in [0, 0.05) is 31.1 Å². The highest BCUT2D eigenvalue weighted by atomic mass is 31.2. The fourth-order valence-corrected chi connectivity index (χ4v) is 7.43. The summed E-state index contributed by atoms with van der Waals surface area (Å²) in [6.45, 7) is 3.90. The molecular weight excluding hydrogens is 773 g/mol. The van der Waals surface area contributed by atoms with E-state index in [1.54, 1.807) is 6.08 Å². The standard InChI is InChI=1S/C46H80NO11P/c1-6-8-10-11-12-13-14-15-16-17-18-19-20-21-26-30-45(51)55-37-40(38-57-59(53,54)56-35-34-47(3,4)5)58-46(52)31-27-23-22-25-29-41-42(44(50)36-43(41)49)33-32-39(48)28-24-9-7-2/h8,10,12-13,15-16,32-33,39-42,44,48,50H,6-7,9,11,14,17-31,34-38H2,1-5H3/p+1/b10-8-,13-12-,16-15-,33-32+/t39-,40+,41+,42+,44+/m0/s1. The molecule has 1 unspecified atom stereocenters. The molecule has 12 nitrogen and oxygen atoms in total. The number of unbranched alkanes of at least 4 members (excludes halogenated alkanes) is 10. The number of phosphoric ester groups is 1. The summed E-state index contributed by atoms with van der Waals surface area (Å²) in [4.78, 5) is 48.2. The van der Waals surface area contributed by atoms with Crippen LogP contribution in [0.3, 0.4) is 0 Å². The van der Waals surface area contributed by atoms with Crippen LogP contribution in [0.15, 0.2) is 48.6 Å². The second-order valence-corrected chi connectivity index (χ2v) is 18.3. The summed E-state index contributed by atoms with van der Waals surface area (Å²) < 4.78 is 34.3. The Labute approximate surface area is 356 Å². The van der Waals surface area contributed by atoms with Gasteiger partial charge in [0.15, 0.2) is 6.10 Å². The van der Waals surface area contributed by atoms with E-state index in [0.29, 0.717) is 43.1 Å². The van der Waals surface area contributed by atoms with E-state index in [1.807, 2.05) is 27.2 Å². The highest BCUT2D eigenvalue weighted by Crippen LogP contribution is 2.43. The molecule has 0 aromatic heterocycles. The third-order valence-corrected chi connectivity index (χ3v) is 11.2. The van der Waals surface area contributed by atoms with E-state index in [0.717, 1.165) is 83.5 Å². The van der Waals surface area contributed by atoms with Crippen LogP contribution in [0.1, 0.15) is 149 Å². The number of allylic oxidation sites excluding steroid dienone is 6. The lowest BCUT2D eigenvalue weighted by Crippen LogP contribution is -2.37. The molecule has 0 saturated heterocycles. The van der Waals surface area contributed by atoms with Crippen molar-refractivity contribution < 1.29 is 57.1 Å². The van der Waals surface area contributed by atoms with Crippen molar-refractivity contribution in [2.24, 2.45) is 11.8 Å². The number of ketones is 1. The Bertz CT molecular complexity index is 1310. The molecular formula is C46H81NO11P+. The molecule has 6 atom stereocenters. The minimum absolute atomic E-state index is 0.0163. The van der Waals surface area contributed by atoms with Crippen LogP contribution in [0.2, 0.25) is 0 Å². The zero-order valence-electron chi connectivity index (χ0n) is 37.2. The van der Waals surface area contributed by atoms with E-state index in [-0.39, 0.29) is 50.1 Å². The van der Waals surface area contributed by atoms with Gasteiger partial charge in [0.25, 0.3) is 0 Å². The van der Waals surface area contributed by atoms with Crippen molar-refractivity contribution in [1.29, 1.82) is 0 Å². The Morgan fingerprint density at radius 1 is 0.814 bits per heavy atom. The summed E-state index contributed by atoms with van der Waals surface area (Å²) in [7, 11) is 1.31. The lowest BCUT2D eigenvalue weighted by atomic mass is 9.88. The number of aliphatic hydroxyl groups excluding tert-OH is 2. The fraction of sp³-hybridized carbons (Fsp3) is 0.761. The fourth-order valence-electron chi connectivity index (χ4n) is 6.69. The van der Waals surface area contributed by atoms with Crippen molar-refractivity contribution >= 4 is 25.5 Å². The quantitative estimate of drug-likeness (QED) is 0.0181. The second kappa shape index (κ2) is 33.2. The van der Waals surface area contributed by atoms with Crippen molar-refractivity contribution in [1.82, 2.24) is 0 Å². The number of phosphoric acid groups is 1.